The highest BCUT2D eigenvalue weighted by atomic mass is 79.9. The Bertz CT molecular complexity index is 905. The second-order valence-corrected chi connectivity index (χ2v) is 14.6. The first kappa shape index (κ1) is 30.0. The average molecular weight is 610 g/mol. The molecule has 39 heavy (non-hydrogen) atoms. The van der Waals surface area contributed by atoms with E-state index >= 15 is 0 Å². The molecular formula is C32H53BrN2O4. The lowest BCUT2D eigenvalue weighted by Gasteiger charge is -2.62. The zero-order chi connectivity index (χ0) is 26.7. The van der Waals surface area contributed by atoms with E-state index in [0.717, 1.165) is 56.6 Å². The fraction of sp³-hybridized carbons (Fsp3) is 0.906. The van der Waals surface area contributed by atoms with Crippen LogP contribution in [0.2, 0.25) is 0 Å². The smallest absolute Gasteiger partial charge is 0.303 e. The molecule has 7 heteroatoms. The Morgan fingerprint density at radius 3 is 2.49 bits per heavy atom. The molecule has 0 bridgehead atoms. The Labute approximate surface area is 247 Å². The van der Waals surface area contributed by atoms with Gasteiger partial charge in [-0.05, 0) is 73.7 Å². The Balaban J connectivity index is 0.00000308. The molecule has 6 nitrogen and oxygen atoms in total. The normalized spacial score (nSPS) is 47.3. The number of carbonyl (C=O) groups is 1. The summed E-state index contributed by atoms with van der Waals surface area (Å²) in [5, 5.41) is 11.3. The van der Waals surface area contributed by atoms with Gasteiger partial charge in [0.05, 0.1) is 39.0 Å². The molecular weight excluding hydrogens is 556 g/mol. The molecule has 4 aliphatic carbocycles. The van der Waals surface area contributed by atoms with Crippen LogP contribution in [-0.2, 0) is 14.3 Å². The number of rotatable bonds is 5. The Kier molecular flexibility index (Phi) is 8.70. The summed E-state index contributed by atoms with van der Waals surface area (Å²) in [6, 6.07) is 0.663. The van der Waals surface area contributed by atoms with Crippen LogP contribution < -0.4 is 17.0 Å². The number of esters is 1. The Hall–Kier alpha value is -0.470. The highest BCUT2D eigenvalue weighted by Gasteiger charge is 2.67. The van der Waals surface area contributed by atoms with Gasteiger partial charge < -0.3 is 36.0 Å². The van der Waals surface area contributed by atoms with Crippen LogP contribution in [0.15, 0.2) is 12.7 Å². The summed E-state index contributed by atoms with van der Waals surface area (Å²) in [6.07, 6.45) is 12.7. The number of aliphatic hydroxyl groups excluding tert-OH is 1. The maximum absolute atomic E-state index is 12.5. The van der Waals surface area contributed by atoms with Crippen LogP contribution in [0.3, 0.4) is 0 Å². The standard InChI is InChI=1S/C32H53N2O4.BrH/c1-5-14-34(15-6-7-16-34)28-20-26-24-9-8-23-19-29(36)27(33-12-17-37-18-13-33)21-32(23,4)25(24)10-11-31(26,3)30(28)38-22(2)35;/h5,23-30,36H,1,6-21H2,2-4H3;1H/q+1;/p-1/t23-,24+,25-,26-,27-,28-,29-,30?,31-,32-;/m0./s1. The quantitative estimate of drug-likeness (QED) is 0.291. The van der Waals surface area contributed by atoms with Gasteiger partial charge in [0.1, 0.15) is 6.04 Å². The van der Waals surface area contributed by atoms with E-state index in [1.165, 1.54) is 51.6 Å². The number of halogens is 1. The van der Waals surface area contributed by atoms with Crippen molar-refractivity contribution in [2.24, 2.45) is 34.5 Å². The number of ether oxygens (including phenoxy) is 2. The first-order chi connectivity index (χ1) is 18.2. The van der Waals surface area contributed by atoms with Crippen LogP contribution in [0.25, 0.3) is 0 Å². The van der Waals surface area contributed by atoms with Crippen LogP contribution in [-0.4, -0.2) is 90.7 Å². The van der Waals surface area contributed by atoms with E-state index in [0.29, 0.717) is 29.7 Å². The van der Waals surface area contributed by atoms with E-state index in [-0.39, 0.29) is 52.0 Å². The van der Waals surface area contributed by atoms with Crippen LogP contribution in [0.4, 0.5) is 0 Å². The van der Waals surface area contributed by atoms with Crippen LogP contribution in [0.5, 0.6) is 0 Å². The number of fused-ring (bicyclic) bond motifs is 5. The Morgan fingerprint density at radius 2 is 1.82 bits per heavy atom. The van der Waals surface area contributed by atoms with Crippen molar-refractivity contribution < 1.29 is 40.8 Å². The predicted octanol–water partition coefficient (Wildman–Crippen LogP) is 1.41. The lowest BCUT2D eigenvalue weighted by Crippen LogP contribution is -3.00. The zero-order valence-corrected chi connectivity index (χ0v) is 26.2. The van der Waals surface area contributed by atoms with Gasteiger partial charge in [0, 0.05) is 50.7 Å². The van der Waals surface area contributed by atoms with Gasteiger partial charge in [-0.2, -0.15) is 0 Å². The van der Waals surface area contributed by atoms with E-state index < -0.39 is 0 Å². The Morgan fingerprint density at radius 1 is 1.10 bits per heavy atom. The molecule has 6 aliphatic rings. The van der Waals surface area contributed by atoms with Gasteiger partial charge in [0.2, 0.25) is 0 Å². The molecule has 10 atom stereocenters. The van der Waals surface area contributed by atoms with Gasteiger partial charge >= 0.3 is 5.97 Å². The number of morpholine rings is 1. The number of hydrogen-bond donors (Lipinski definition) is 1. The van der Waals surface area contributed by atoms with E-state index in [4.69, 9.17) is 9.47 Å². The fourth-order valence-corrected chi connectivity index (χ4v) is 11.3. The zero-order valence-electron chi connectivity index (χ0n) is 24.7. The largest absolute Gasteiger partial charge is 1.00 e. The van der Waals surface area contributed by atoms with Gasteiger partial charge in [0.25, 0.3) is 0 Å². The van der Waals surface area contributed by atoms with Gasteiger partial charge in [-0.1, -0.05) is 20.4 Å². The molecule has 1 N–H and O–H groups in total. The van der Waals surface area contributed by atoms with Gasteiger partial charge in [-0.15, -0.1) is 0 Å². The second kappa shape index (κ2) is 11.3. The molecule has 6 fully saturated rings. The van der Waals surface area contributed by atoms with Crippen molar-refractivity contribution in [2.45, 2.75) is 103 Å². The number of carbonyl (C=O) groups excluding carboxylic acids is 1. The predicted molar refractivity (Wildman–Crippen MR) is 148 cm³/mol. The van der Waals surface area contributed by atoms with Crippen molar-refractivity contribution in [2.75, 3.05) is 45.9 Å². The van der Waals surface area contributed by atoms with Gasteiger partial charge in [-0.3, -0.25) is 9.69 Å². The summed E-state index contributed by atoms with van der Waals surface area (Å²) < 4.78 is 13.1. The number of likely N-dealkylation sites (tertiary alicyclic amines) is 1. The first-order valence-corrected chi connectivity index (χ1v) is 15.9. The maximum atomic E-state index is 12.5. The van der Waals surface area contributed by atoms with E-state index in [2.05, 4.69) is 31.4 Å². The minimum absolute atomic E-state index is 0. The number of hydrogen-bond acceptors (Lipinski definition) is 5. The van der Waals surface area contributed by atoms with Crippen molar-refractivity contribution in [3.05, 3.63) is 12.7 Å². The van der Waals surface area contributed by atoms with Crippen molar-refractivity contribution in [1.82, 2.24) is 4.90 Å². The van der Waals surface area contributed by atoms with Crippen molar-refractivity contribution in [3.63, 3.8) is 0 Å². The molecule has 0 radical (unpaired) electrons. The minimum Gasteiger partial charge on any atom is -1.00 e. The molecule has 2 saturated heterocycles. The molecule has 2 heterocycles. The van der Waals surface area contributed by atoms with Crippen molar-refractivity contribution in [3.8, 4) is 0 Å². The number of quaternary nitrogens is 1. The van der Waals surface area contributed by atoms with E-state index in [1.54, 1.807) is 6.92 Å². The molecule has 0 amide bonds. The maximum Gasteiger partial charge on any atom is 0.303 e. The van der Waals surface area contributed by atoms with E-state index in [1.807, 2.05) is 0 Å². The fourth-order valence-electron chi connectivity index (χ4n) is 11.3. The molecule has 0 aromatic heterocycles. The SMILES string of the molecule is C=CC[N+]1([C@H]2C[C@H]3[C@@H]4CC[C@H]5C[C@H](O)[C@@H](N6CCOCC6)C[C@]5(C)[C@H]4CC[C@]3(C)C2OC(C)=O)CCCC1.[Br-]. The highest BCUT2D eigenvalue weighted by Crippen LogP contribution is 2.67. The third kappa shape index (κ3) is 4.88. The molecule has 4 saturated carbocycles. The first-order valence-electron chi connectivity index (χ1n) is 15.9. The van der Waals surface area contributed by atoms with Crippen LogP contribution in [0.1, 0.15) is 78.6 Å². The number of nitrogens with zero attached hydrogens (tertiary/aromatic N) is 2. The highest BCUT2D eigenvalue weighted by molar-refractivity contribution is 5.66. The lowest BCUT2D eigenvalue weighted by atomic mass is 9.44. The summed E-state index contributed by atoms with van der Waals surface area (Å²) in [7, 11) is 0. The summed E-state index contributed by atoms with van der Waals surface area (Å²) in [5.74, 6) is 2.54. The average Bonchev–Trinajstić information content (AvgIpc) is 3.48. The van der Waals surface area contributed by atoms with Crippen molar-refractivity contribution >= 4 is 5.97 Å². The van der Waals surface area contributed by atoms with Crippen molar-refractivity contribution in [1.29, 1.82) is 0 Å². The molecule has 6 rings (SSSR count). The summed E-state index contributed by atoms with van der Waals surface area (Å²) in [5.41, 5.74) is 0.343. The third-order valence-corrected chi connectivity index (χ3v) is 13.1. The van der Waals surface area contributed by atoms with E-state index in [9.17, 15) is 9.90 Å². The summed E-state index contributed by atoms with van der Waals surface area (Å²) in [4.78, 5) is 15.0. The van der Waals surface area contributed by atoms with Gasteiger partial charge in [-0.25, -0.2) is 0 Å². The van der Waals surface area contributed by atoms with Crippen LogP contribution in [0, 0.1) is 34.5 Å². The molecule has 1 unspecified atom stereocenters. The number of aliphatic hydroxyl groups is 1. The molecule has 0 aromatic rings. The van der Waals surface area contributed by atoms with Crippen LogP contribution >= 0.6 is 0 Å². The lowest BCUT2D eigenvalue weighted by molar-refractivity contribution is -0.937. The topological polar surface area (TPSA) is 59.0 Å². The molecule has 222 valence electrons. The molecule has 0 aromatic carbocycles. The third-order valence-electron chi connectivity index (χ3n) is 13.1. The molecule has 0 spiro atoms. The van der Waals surface area contributed by atoms with Gasteiger partial charge in [0.15, 0.2) is 6.10 Å². The molecule has 2 aliphatic heterocycles. The second-order valence-electron chi connectivity index (χ2n) is 14.6. The monoisotopic (exact) mass is 608 g/mol. The summed E-state index contributed by atoms with van der Waals surface area (Å²) in [6.45, 7) is 17.7. The summed E-state index contributed by atoms with van der Waals surface area (Å²) >= 11 is 0. The minimum atomic E-state index is -0.209.